The summed E-state index contributed by atoms with van der Waals surface area (Å²) in [6.07, 6.45) is 0. The van der Waals surface area contributed by atoms with Gasteiger partial charge in [0, 0.05) is 7.05 Å². The van der Waals surface area contributed by atoms with Crippen LogP contribution in [-0.2, 0) is 4.79 Å². The third-order valence-electron chi connectivity index (χ3n) is 2.64. The van der Waals surface area contributed by atoms with E-state index in [9.17, 15) is 9.59 Å². The first kappa shape index (κ1) is 12.7. The summed E-state index contributed by atoms with van der Waals surface area (Å²) in [4.78, 5) is 25.6. The molecule has 2 rings (SSSR count). The molecular weight excluding hydrogens is 256 g/mol. The predicted octanol–water partition coefficient (Wildman–Crippen LogP) is 1.61. The van der Waals surface area contributed by atoms with Gasteiger partial charge in [0.05, 0.1) is 11.6 Å². The van der Waals surface area contributed by atoms with Crippen molar-refractivity contribution in [3.8, 4) is 5.75 Å². The molecular formula is C12H13ClN2O3. The number of halogens is 1. The summed E-state index contributed by atoms with van der Waals surface area (Å²) in [5.74, 6) is 0.344. The molecule has 1 fully saturated rings. The zero-order chi connectivity index (χ0) is 13.1. The van der Waals surface area contributed by atoms with Crippen molar-refractivity contribution < 1.29 is 14.3 Å². The SMILES string of the molecule is CN1CC(=O)N(CCOc2ccccc2Cl)C1=O. The Morgan fingerprint density at radius 3 is 2.67 bits per heavy atom. The molecule has 1 aliphatic heterocycles. The highest BCUT2D eigenvalue weighted by Crippen LogP contribution is 2.23. The first-order valence-electron chi connectivity index (χ1n) is 5.52. The molecule has 1 saturated heterocycles. The summed E-state index contributed by atoms with van der Waals surface area (Å²) < 4.78 is 5.43. The third-order valence-corrected chi connectivity index (χ3v) is 2.95. The van der Waals surface area contributed by atoms with Gasteiger partial charge in [-0.2, -0.15) is 0 Å². The van der Waals surface area contributed by atoms with E-state index in [1.54, 1.807) is 31.3 Å². The molecule has 0 N–H and O–H groups in total. The molecule has 6 heteroatoms. The number of hydrogen-bond donors (Lipinski definition) is 0. The number of amides is 3. The van der Waals surface area contributed by atoms with Crippen LogP contribution in [0.5, 0.6) is 5.75 Å². The fourth-order valence-electron chi connectivity index (χ4n) is 1.70. The number of benzene rings is 1. The van der Waals surface area contributed by atoms with Crippen molar-refractivity contribution in [2.75, 3.05) is 26.7 Å². The number of nitrogens with zero attached hydrogens (tertiary/aromatic N) is 2. The number of carbonyl (C=O) groups excluding carboxylic acids is 2. The Morgan fingerprint density at radius 1 is 1.33 bits per heavy atom. The highest BCUT2D eigenvalue weighted by atomic mass is 35.5. The summed E-state index contributed by atoms with van der Waals surface area (Å²) in [5.41, 5.74) is 0. The number of likely N-dealkylation sites (N-methyl/N-ethyl adjacent to an activating group) is 1. The van der Waals surface area contributed by atoms with Crippen molar-refractivity contribution in [3.63, 3.8) is 0 Å². The van der Waals surface area contributed by atoms with Crippen LogP contribution in [0.25, 0.3) is 0 Å². The highest BCUT2D eigenvalue weighted by Gasteiger charge is 2.33. The second-order valence-electron chi connectivity index (χ2n) is 3.96. The number of urea groups is 1. The maximum absolute atomic E-state index is 11.6. The maximum atomic E-state index is 11.6. The average Bonchev–Trinajstić information content (AvgIpc) is 2.58. The van der Waals surface area contributed by atoms with Gasteiger partial charge in [0.2, 0.25) is 5.91 Å². The van der Waals surface area contributed by atoms with E-state index in [1.165, 1.54) is 9.80 Å². The van der Waals surface area contributed by atoms with Crippen LogP contribution in [0, 0.1) is 0 Å². The van der Waals surface area contributed by atoms with E-state index in [4.69, 9.17) is 16.3 Å². The Labute approximate surface area is 110 Å². The van der Waals surface area contributed by atoms with Gasteiger partial charge in [0.15, 0.2) is 0 Å². The summed E-state index contributed by atoms with van der Waals surface area (Å²) >= 11 is 5.92. The molecule has 0 unspecified atom stereocenters. The van der Waals surface area contributed by atoms with E-state index in [-0.39, 0.29) is 31.6 Å². The topological polar surface area (TPSA) is 49.9 Å². The van der Waals surface area contributed by atoms with Crippen LogP contribution in [0.3, 0.4) is 0 Å². The number of ether oxygens (including phenoxy) is 1. The molecule has 0 radical (unpaired) electrons. The van der Waals surface area contributed by atoms with Gasteiger partial charge in [0.25, 0.3) is 0 Å². The minimum atomic E-state index is -0.289. The lowest BCUT2D eigenvalue weighted by molar-refractivity contribution is -0.125. The molecule has 0 aliphatic carbocycles. The normalized spacial score (nSPS) is 15.4. The van der Waals surface area contributed by atoms with Crippen LogP contribution in [0.2, 0.25) is 5.02 Å². The monoisotopic (exact) mass is 268 g/mol. The first-order chi connectivity index (χ1) is 8.59. The molecule has 0 bridgehead atoms. The molecule has 0 aromatic heterocycles. The summed E-state index contributed by atoms with van der Waals surface area (Å²) in [6, 6.07) is 6.78. The molecule has 0 spiro atoms. The van der Waals surface area contributed by atoms with Crippen molar-refractivity contribution in [1.29, 1.82) is 0 Å². The van der Waals surface area contributed by atoms with Crippen molar-refractivity contribution in [1.82, 2.24) is 9.80 Å². The molecule has 1 aromatic rings. The van der Waals surface area contributed by atoms with Crippen molar-refractivity contribution in [2.45, 2.75) is 0 Å². The highest BCUT2D eigenvalue weighted by molar-refractivity contribution is 6.32. The Morgan fingerprint density at radius 2 is 2.06 bits per heavy atom. The molecule has 3 amide bonds. The van der Waals surface area contributed by atoms with Crippen LogP contribution < -0.4 is 4.74 Å². The first-order valence-corrected chi connectivity index (χ1v) is 5.90. The Bertz CT molecular complexity index is 478. The molecule has 1 aliphatic rings. The second kappa shape index (κ2) is 5.27. The summed E-state index contributed by atoms with van der Waals surface area (Å²) in [5, 5.41) is 0.508. The average molecular weight is 269 g/mol. The van der Waals surface area contributed by atoms with Gasteiger partial charge in [-0.1, -0.05) is 23.7 Å². The largest absolute Gasteiger partial charge is 0.490 e. The number of imide groups is 1. The van der Waals surface area contributed by atoms with Crippen LogP contribution in [0.1, 0.15) is 0 Å². The Hall–Kier alpha value is -1.75. The van der Waals surface area contributed by atoms with Crippen molar-refractivity contribution >= 4 is 23.5 Å². The molecule has 18 heavy (non-hydrogen) atoms. The Balaban J connectivity index is 1.88. The van der Waals surface area contributed by atoms with E-state index in [0.29, 0.717) is 10.8 Å². The second-order valence-corrected chi connectivity index (χ2v) is 4.37. The van der Waals surface area contributed by atoms with Gasteiger partial charge >= 0.3 is 6.03 Å². The summed E-state index contributed by atoms with van der Waals surface area (Å²) in [7, 11) is 1.59. The minimum Gasteiger partial charge on any atom is -0.490 e. The minimum absolute atomic E-state index is 0.130. The van der Waals surface area contributed by atoms with Crippen LogP contribution in [0.4, 0.5) is 4.79 Å². The lowest BCUT2D eigenvalue weighted by Gasteiger charge is -2.14. The zero-order valence-corrected chi connectivity index (χ0v) is 10.7. The van der Waals surface area contributed by atoms with Crippen LogP contribution in [0.15, 0.2) is 24.3 Å². The van der Waals surface area contributed by atoms with Gasteiger partial charge in [-0.05, 0) is 12.1 Å². The zero-order valence-electron chi connectivity index (χ0n) is 9.93. The molecule has 1 heterocycles. The molecule has 0 saturated carbocycles. The van der Waals surface area contributed by atoms with E-state index in [1.807, 2.05) is 0 Å². The lowest BCUT2D eigenvalue weighted by atomic mass is 10.3. The van der Waals surface area contributed by atoms with Crippen molar-refractivity contribution in [3.05, 3.63) is 29.3 Å². The maximum Gasteiger partial charge on any atom is 0.327 e. The predicted molar refractivity (Wildman–Crippen MR) is 66.7 cm³/mol. The van der Waals surface area contributed by atoms with Crippen LogP contribution >= 0.6 is 11.6 Å². The van der Waals surface area contributed by atoms with Gasteiger partial charge in [0.1, 0.15) is 18.9 Å². The molecule has 5 nitrogen and oxygen atoms in total. The van der Waals surface area contributed by atoms with E-state index >= 15 is 0 Å². The molecule has 0 atom stereocenters. The number of carbonyl (C=O) groups is 2. The fraction of sp³-hybridized carbons (Fsp3) is 0.333. The van der Waals surface area contributed by atoms with E-state index in [0.717, 1.165) is 0 Å². The smallest absolute Gasteiger partial charge is 0.327 e. The van der Waals surface area contributed by atoms with E-state index in [2.05, 4.69) is 0 Å². The van der Waals surface area contributed by atoms with Crippen LogP contribution in [-0.4, -0.2) is 48.5 Å². The standard InChI is InChI=1S/C12H13ClN2O3/c1-14-8-11(16)15(12(14)17)6-7-18-10-5-3-2-4-9(10)13/h2-5H,6-8H2,1H3. The van der Waals surface area contributed by atoms with Gasteiger partial charge in [-0.15, -0.1) is 0 Å². The lowest BCUT2D eigenvalue weighted by Crippen LogP contribution is -2.35. The van der Waals surface area contributed by atoms with E-state index < -0.39 is 0 Å². The number of hydrogen-bond acceptors (Lipinski definition) is 3. The van der Waals surface area contributed by atoms with Crippen molar-refractivity contribution in [2.24, 2.45) is 0 Å². The van der Waals surface area contributed by atoms with Gasteiger partial charge in [-0.3, -0.25) is 9.69 Å². The molecule has 96 valence electrons. The number of para-hydroxylation sites is 1. The fourth-order valence-corrected chi connectivity index (χ4v) is 1.89. The van der Waals surface area contributed by atoms with Gasteiger partial charge < -0.3 is 9.64 Å². The summed E-state index contributed by atoms with van der Waals surface area (Å²) in [6.45, 7) is 0.590. The Kier molecular flexibility index (Phi) is 3.72. The van der Waals surface area contributed by atoms with Gasteiger partial charge in [-0.25, -0.2) is 4.79 Å². The molecule has 1 aromatic carbocycles. The number of rotatable bonds is 4. The quantitative estimate of drug-likeness (QED) is 0.780. The third kappa shape index (κ3) is 2.56.